The number of Topliss-reactive ketones (excluding diaryl/α,β-unsaturated/α-hetero) is 1. The summed E-state index contributed by atoms with van der Waals surface area (Å²) in [5.41, 5.74) is -0.454. The number of carbonyl (C=O) groups is 1. The summed E-state index contributed by atoms with van der Waals surface area (Å²) in [7, 11) is 0. The number of nitriles is 1. The molecule has 0 saturated carbocycles. The molecule has 0 fully saturated rings. The fraction of sp³-hybridized carbons (Fsp3) is 0.0667. The summed E-state index contributed by atoms with van der Waals surface area (Å²) in [6.07, 6.45) is 0. The Morgan fingerprint density at radius 2 is 2.00 bits per heavy atom. The highest BCUT2D eigenvalue weighted by Gasteiger charge is 2.27. The molecule has 1 unspecified atom stereocenters. The number of hydrogen-bond acceptors (Lipinski definition) is 2. The van der Waals surface area contributed by atoms with Gasteiger partial charge in [-0.25, -0.2) is 8.78 Å². The van der Waals surface area contributed by atoms with Crippen LogP contribution in [-0.4, -0.2) is 5.78 Å². The second-order valence-corrected chi connectivity index (χ2v) is 5.52. The topological polar surface area (TPSA) is 40.9 Å². The number of carbonyl (C=O) groups excluding carboxylic acids is 1. The molecule has 0 bridgehead atoms. The van der Waals surface area contributed by atoms with Gasteiger partial charge in [0.15, 0.2) is 5.78 Å². The first-order valence-electron chi connectivity index (χ1n) is 5.78. The fourth-order valence-electron chi connectivity index (χ4n) is 1.85. The Bertz CT molecular complexity index is 758. The number of benzene rings is 2. The Balaban J connectivity index is 2.52. The normalized spacial score (nSPS) is 11.8. The molecule has 0 aromatic heterocycles. The van der Waals surface area contributed by atoms with Crippen LogP contribution in [0.5, 0.6) is 0 Å². The molecule has 0 radical (unpaired) electrons. The van der Waals surface area contributed by atoms with Gasteiger partial charge >= 0.3 is 0 Å². The van der Waals surface area contributed by atoms with E-state index in [-0.39, 0.29) is 16.1 Å². The molecule has 2 nitrogen and oxygen atoms in total. The van der Waals surface area contributed by atoms with Crippen molar-refractivity contribution in [3.8, 4) is 6.07 Å². The quantitative estimate of drug-likeness (QED) is 0.723. The van der Waals surface area contributed by atoms with Gasteiger partial charge in [0.2, 0.25) is 0 Å². The highest BCUT2D eigenvalue weighted by Crippen LogP contribution is 2.28. The van der Waals surface area contributed by atoms with Crippen LogP contribution in [0.3, 0.4) is 0 Å². The van der Waals surface area contributed by atoms with Crippen molar-refractivity contribution in [1.82, 2.24) is 0 Å². The zero-order valence-corrected chi connectivity index (χ0v) is 12.8. The number of ketones is 1. The molecular weight excluding hydrogens is 364 g/mol. The molecule has 0 aliphatic rings. The lowest BCUT2D eigenvalue weighted by Gasteiger charge is -2.11. The average molecular weight is 371 g/mol. The smallest absolute Gasteiger partial charge is 0.187 e. The van der Waals surface area contributed by atoms with Crippen LogP contribution >= 0.6 is 27.5 Å². The van der Waals surface area contributed by atoms with Gasteiger partial charge in [-0.1, -0.05) is 39.7 Å². The minimum absolute atomic E-state index is 0.172. The van der Waals surface area contributed by atoms with E-state index in [2.05, 4.69) is 15.9 Å². The average Bonchev–Trinajstić information content (AvgIpc) is 2.46. The lowest BCUT2D eigenvalue weighted by atomic mass is 9.91. The maximum Gasteiger partial charge on any atom is 0.187 e. The predicted molar refractivity (Wildman–Crippen MR) is 78.2 cm³/mol. The molecule has 0 N–H and O–H groups in total. The molecule has 2 aromatic carbocycles. The van der Waals surface area contributed by atoms with Gasteiger partial charge in [0.25, 0.3) is 0 Å². The summed E-state index contributed by atoms with van der Waals surface area (Å²) in [5.74, 6) is -3.91. The molecule has 106 valence electrons. The lowest BCUT2D eigenvalue weighted by molar-refractivity contribution is 0.0973. The first kappa shape index (κ1) is 15.6. The monoisotopic (exact) mass is 369 g/mol. The first-order valence-corrected chi connectivity index (χ1v) is 6.95. The van der Waals surface area contributed by atoms with E-state index >= 15 is 0 Å². The molecule has 2 rings (SSSR count). The first-order chi connectivity index (χ1) is 9.95. The van der Waals surface area contributed by atoms with Crippen LogP contribution in [0.1, 0.15) is 21.8 Å². The van der Waals surface area contributed by atoms with Crippen molar-refractivity contribution in [3.63, 3.8) is 0 Å². The number of hydrogen-bond donors (Lipinski definition) is 0. The van der Waals surface area contributed by atoms with Crippen molar-refractivity contribution >= 4 is 33.3 Å². The predicted octanol–water partition coefficient (Wildman–Crippen LogP) is 4.87. The third-order valence-corrected chi connectivity index (χ3v) is 3.66. The number of rotatable bonds is 3. The van der Waals surface area contributed by atoms with Crippen LogP contribution in [0.2, 0.25) is 5.02 Å². The Labute approximate surface area is 133 Å². The van der Waals surface area contributed by atoms with Crippen molar-refractivity contribution in [2.24, 2.45) is 0 Å². The SMILES string of the molecule is N#CC(C(=O)c1cc(Br)ccc1F)c1cccc(Cl)c1F. The third kappa shape index (κ3) is 3.12. The van der Waals surface area contributed by atoms with E-state index in [9.17, 15) is 18.8 Å². The van der Waals surface area contributed by atoms with Crippen molar-refractivity contribution in [2.45, 2.75) is 5.92 Å². The molecule has 0 amide bonds. The molecule has 0 spiro atoms. The molecule has 0 saturated heterocycles. The van der Waals surface area contributed by atoms with E-state index in [0.717, 1.165) is 6.07 Å². The second-order valence-electron chi connectivity index (χ2n) is 4.19. The molecular formula is C15H7BrClF2NO. The summed E-state index contributed by atoms with van der Waals surface area (Å²) in [4.78, 5) is 12.3. The van der Waals surface area contributed by atoms with E-state index in [1.165, 1.54) is 30.3 Å². The van der Waals surface area contributed by atoms with Gasteiger partial charge < -0.3 is 0 Å². The van der Waals surface area contributed by atoms with E-state index in [1.807, 2.05) is 0 Å². The van der Waals surface area contributed by atoms with Gasteiger partial charge in [-0.05, 0) is 24.3 Å². The number of halogens is 4. The summed E-state index contributed by atoms with van der Waals surface area (Å²) in [5, 5.41) is 8.97. The van der Waals surface area contributed by atoms with E-state index < -0.39 is 23.3 Å². The van der Waals surface area contributed by atoms with Crippen LogP contribution < -0.4 is 0 Å². The van der Waals surface area contributed by atoms with Gasteiger partial charge in [0, 0.05) is 10.0 Å². The zero-order valence-electron chi connectivity index (χ0n) is 10.4. The molecule has 1 atom stereocenters. The highest BCUT2D eigenvalue weighted by molar-refractivity contribution is 9.10. The molecule has 0 aliphatic carbocycles. The van der Waals surface area contributed by atoms with Gasteiger partial charge in [0.05, 0.1) is 16.7 Å². The summed E-state index contributed by atoms with van der Waals surface area (Å²) < 4.78 is 28.2. The maximum atomic E-state index is 14.0. The van der Waals surface area contributed by atoms with Gasteiger partial charge in [-0.2, -0.15) is 5.26 Å². The largest absolute Gasteiger partial charge is 0.292 e. The minimum atomic E-state index is -1.47. The summed E-state index contributed by atoms with van der Waals surface area (Å²) in [6.45, 7) is 0. The van der Waals surface area contributed by atoms with Crippen molar-refractivity contribution in [2.75, 3.05) is 0 Å². The Kier molecular flexibility index (Phi) is 4.71. The molecule has 0 aliphatic heterocycles. The minimum Gasteiger partial charge on any atom is -0.292 e. The van der Waals surface area contributed by atoms with Crippen LogP contribution in [0, 0.1) is 23.0 Å². The molecule has 2 aromatic rings. The Hall–Kier alpha value is -1.77. The highest BCUT2D eigenvalue weighted by atomic mass is 79.9. The van der Waals surface area contributed by atoms with Crippen LogP contribution in [0.25, 0.3) is 0 Å². The lowest BCUT2D eigenvalue weighted by Crippen LogP contribution is -2.14. The second kappa shape index (κ2) is 6.33. The fourth-order valence-corrected chi connectivity index (χ4v) is 2.40. The van der Waals surface area contributed by atoms with Gasteiger partial charge in [-0.3, -0.25) is 4.79 Å². The van der Waals surface area contributed by atoms with Crippen LogP contribution in [0.15, 0.2) is 40.9 Å². The Morgan fingerprint density at radius 3 is 2.67 bits per heavy atom. The van der Waals surface area contributed by atoms with Crippen molar-refractivity contribution in [3.05, 3.63) is 68.7 Å². The zero-order chi connectivity index (χ0) is 15.6. The summed E-state index contributed by atoms with van der Waals surface area (Å²) >= 11 is 8.77. The van der Waals surface area contributed by atoms with Crippen LogP contribution in [0.4, 0.5) is 8.78 Å². The summed E-state index contributed by atoms with van der Waals surface area (Å²) in [6, 6.07) is 9.49. The Morgan fingerprint density at radius 1 is 1.29 bits per heavy atom. The van der Waals surface area contributed by atoms with Gasteiger partial charge in [0.1, 0.15) is 17.6 Å². The standard InChI is InChI=1S/C15H7BrClF2NO/c16-8-4-5-13(18)10(6-8)15(21)11(7-20)9-2-1-3-12(17)14(9)19/h1-6,11H. The van der Waals surface area contributed by atoms with Crippen LogP contribution in [-0.2, 0) is 0 Å². The van der Waals surface area contributed by atoms with Crippen molar-refractivity contribution < 1.29 is 13.6 Å². The van der Waals surface area contributed by atoms with Crippen molar-refractivity contribution in [1.29, 1.82) is 5.26 Å². The number of nitrogens with zero attached hydrogens (tertiary/aromatic N) is 1. The molecule has 21 heavy (non-hydrogen) atoms. The van der Waals surface area contributed by atoms with Gasteiger partial charge in [-0.15, -0.1) is 0 Å². The molecule has 0 heterocycles. The van der Waals surface area contributed by atoms with E-state index in [1.54, 1.807) is 6.07 Å². The van der Waals surface area contributed by atoms with E-state index in [0.29, 0.717) is 4.47 Å². The van der Waals surface area contributed by atoms with E-state index in [4.69, 9.17) is 11.6 Å². The maximum absolute atomic E-state index is 14.0. The third-order valence-electron chi connectivity index (χ3n) is 2.88. The molecule has 6 heteroatoms.